The van der Waals surface area contributed by atoms with Gasteiger partial charge in [0.05, 0.1) is 16.9 Å². The van der Waals surface area contributed by atoms with E-state index in [1.807, 2.05) is 37.3 Å². The SMILES string of the molecule is CC(Nc1c[nH]c2c(C(=O)NCc3ccc4c(c3)NC(=O)CO4)ncnc12)c1ccc(-c2nn[nH]n2)cc1. The Morgan fingerprint density at radius 3 is 2.84 bits per heavy atom. The van der Waals surface area contributed by atoms with Gasteiger partial charge in [-0.3, -0.25) is 9.59 Å². The van der Waals surface area contributed by atoms with E-state index in [9.17, 15) is 9.59 Å². The van der Waals surface area contributed by atoms with E-state index in [2.05, 4.69) is 51.5 Å². The number of fused-ring (bicyclic) bond motifs is 2. The van der Waals surface area contributed by atoms with Crippen LogP contribution in [0, 0.1) is 0 Å². The van der Waals surface area contributed by atoms with Crippen molar-refractivity contribution in [2.45, 2.75) is 19.5 Å². The zero-order valence-corrected chi connectivity index (χ0v) is 20.1. The van der Waals surface area contributed by atoms with Crippen LogP contribution in [0.3, 0.4) is 0 Å². The number of hydrogen-bond donors (Lipinski definition) is 5. The van der Waals surface area contributed by atoms with E-state index in [0.717, 1.165) is 22.4 Å². The van der Waals surface area contributed by atoms with Gasteiger partial charge in [-0.05, 0) is 35.4 Å². The Bertz CT molecular complexity index is 1630. The number of amides is 2. The van der Waals surface area contributed by atoms with Gasteiger partial charge >= 0.3 is 0 Å². The molecule has 2 amide bonds. The number of carbonyl (C=O) groups is 2. The molecular formula is C25H22N10O3. The van der Waals surface area contributed by atoms with Crippen molar-refractivity contribution in [1.29, 1.82) is 0 Å². The molecule has 0 spiro atoms. The summed E-state index contributed by atoms with van der Waals surface area (Å²) in [5.74, 6) is 0.562. The van der Waals surface area contributed by atoms with Crippen molar-refractivity contribution >= 4 is 34.2 Å². The summed E-state index contributed by atoms with van der Waals surface area (Å²) in [6.45, 7) is 2.27. The molecule has 13 heteroatoms. The summed E-state index contributed by atoms with van der Waals surface area (Å²) in [5.41, 5.74) is 5.40. The fourth-order valence-electron chi connectivity index (χ4n) is 4.25. The van der Waals surface area contributed by atoms with E-state index in [1.54, 1.807) is 18.3 Å². The first-order chi connectivity index (χ1) is 18.5. The van der Waals surface area contributed by atoms with Gasteiger partial charge < -0.3 is 25.7 Å². The Balaban J connectivity index is 1.15. The molecule has 190 valence electrons. The summed E-state index contributed by atoms with van der Waals surface area (Å²) in [7, 11) is 0. The zero-order valence-electron chi connectivity index (χ0n) is 20.1. The summed E-state index contributed by atoms with van der Waals surface area (Å²) in [5, 5.41) is 23.1. The van der Waals surface area contributed by atoms with Crippen LogP contribution >= 0.6 is 0 Å². The van der Waals surface area contributed by atoms with Gasteiger partial charge in [0.2, 0.25) is 5.82 Å². The maximum atomic E-state index is 13.0. The molecule has 5 aromatic rings. The standard InChI is InChI=1S/C25H22N10O3/c1-13(15-3-5-16(6-4-15)24-32-34-35-33-24)30-18-10-26-22-21(18)28-12-29-23(22)25(37)27-9-14-2-7-19-17(8-14)31-20(36)11-38-19/h2-8,10,12-13,26,30H,9,11H2,1H3,(H,27,37)(H,31,36)(H,32,33,34,35). The lowest BCUT2D eigenvalue weighted by Gasteiger charge is -2.18. The van der Waals surface area contributed by atoms with Crippen LogP contribution < -0.4 is 20.7 Å². The molecular weight excluding hydrogens is 488 g/mol. The molecule has 6 rings (SSSR count). The third-order valence-corrected chi connectivity index (χ3v) is 6.19. The summed E-state index contributed by atoms with van der Waals surface area (Å²) in [4.78, 5) is 36.3. The van der Waals surface area contributed by atoms with Crippen LogP contribution in [0.1, 0.15) is 34.6 Å². The number of anilines is 2. The number of hydrogen-bond acceptors (Lipinski definition) is 9. The van der Waals surface area contributed by atoms with Crippen LogP contribution in [0.4, 0.5) is 11.4 Å². The normalized spacial score (nSPS) is 13.3. The Morgan fingerprint density at radius 1 is 1.16 bits per heavy atom. The Kier molecular flexibility index (Phi) is 5.84. The number of aromatic amines is 2. The van der Waals surface area contributed by atoms with Crippen molar-refractivity contribution in [3.05, 3.63) is 71.8 Å². The lowest BCUT2D eigenvalue weighted by molar-refractivity contribution is -0.118. The molecule has 1 atom stereocenters. The van der Waals surface area contributed by atoms with Gasteiger partial charge in [-0.25, -0.2) is 9.97 Å². The van der Waals surface area contributed by atoms with Gasteiger partial charge in [0.1, 0.15) is 17.6 Å². The highest BCUT2D eigenvalue weighted by molar-refractivity contribution is 6.05. The van der Waals surface area contributed by atoms with Crippen molar-refractivity contribution in [3.63, 3.8) is 0 Å². The average Bonchev–Trinajstić information content (AvgIpc) is 3.62. The topological polar surface area (TPSA) is 175 Å². The first-order valence-corrected chi connectivity index (χ1v) is 11.8. The number of nitrogens with one attached hydrogen (secondary N) is 5. The lowest BCUT2D eigenvalue weighted by Crippen LogP contribution is -2.26. The van der Waals surface area contributed by atoms with Gasteiger partial charge in [0, 0.05) is 24.3 Å². The molecule has 1 aliphatic heterocycles. The molecule has 0 saturated heterocycles. The maximum absolute atomic E-state index is 13.0. The number of ether oxygens (including phenoxy) is 1. The quantitative estimate of drug-likeness (QED) is 0.220. The van der Waals surface area contributed by atoms with Crippen LogP contribution in [-0.2, 0) is 11.3 Å². The van der Waals surface area contributed by atoms with Gasteiger partial charge in [0.15, 0.2) is 12.3 Å². The molecule has 0 fully saturated rings. The highest BCUT2D eigenvalue weighted by atomic mass is 16.5. The summed E-state index contributed by atoms with van der Waals surface area (Å²) >= 11 is 0. The van der Waals surface area contributed by atoms with E-state index >= 15 is 0 Å². The number of tetrazole rings is 1. The number of aromatic nitrogens is 7. The highest BCUT2D eigenvalue weighted by Gasteiger charge is 2.19. The molecule has 0 saturated carbocycles. The van der Waals surface area contributed by atoms with Gasteiger partial charge in [-0.2, -0.15) is 5.21 Å². The molecule has 4 heterocycles. The summed E-state index contributed by atoms with van der Waals surface area (Å²) in [6, 6.07) is 13.2. The van der Waals surface area contributed by atoms with E-state index in [4.69, 9.17) is 4.74 Å². The van der Waals surface area contributed by atoms with Crippen LogP contribution in [0.2, 0.25) is 0 Å². The molecule has 38 heavy (non-hydrogen) atoms. The van der Waals surface area contributed by atoms with Crippen LogP contribution in [0.15, 0.2) is 55.0 Å². The maximum Gasteiger partial charge on any atom is 0.272 e. The highest BCUT2D eigenvalue weighted by Crippen LogP contribution is 2.29. The van der Waals surface area contributed by atoms with Crippen LogP contribution in [0.25, 0.3) is 22.4 Å². The minimum absolute atomic E-state index is 0.00758. The van der Waals surface area contributed by atoms with E-state index in [0.29, 0.717) is 28.3 Å². The Labute approximate surface area is 215 Å². The van der Waals surface area contributed by atoms with E-state index in [-0.39, 0.29) is 36.7 Å². The average molecular weight is 511 g/mol. The van der Waals surface area contributed by atoms with E-state index < -0.39 is 0 Å². The van der Waals surface area contributed by atoms with Crippen molar-refractivity contribution in [1.82, 2.24) is 40.9 Å². The number of rotatable bonds is 7. The monoisotopic (exact) mass is 510 g/mol. The smallest absolute Gasteiger partial charge is 0.272 e. The number of nitrogens with zero attached hydrogens (tertiary/aromatic N) is 5. The lowest BCUT2D eigenvalue weighted by atomic mass is 10.1. The largest absolute Gasteiger partial charge is 0.482 e. The van der Waals surface area contributed by atoms with E-state index in [1.165, 1.54) is 6.33 Å². The van der Waals surface area contributed by atoms with Gasteiger partial charge in [0.25, 0.3) is 11.8 Å². The second-order valence-corrected chi connectivity index (χ2v) is 8.72. The molecule has 2 aromatic carbocycles. The van der Waals surface area contributed by atoms with Crippen molar-refractivity contribution < 1.29 is 14.3 Å². The zero-order chi connectivity index (χ0) is 26.1. The fourth-order valence-corrected chi connectivity index (χ4v) is 4.25. The number of carbonyl (C=O) groups excluding carboxylic acids is 2. The van der Waals surface area contributed by atoms with Crippen LogP contribution in [-0.4, -0.2) is 54.0 Å². The summed E-state index contributed by atoms with van der Waals surface area (Å²) in [6.07, 6.45) is 3.14. The first-order valence-electron chi connectivity index (χ1n) is 11.8. The van der Waals surface area contributed by atoms with Crippen LogP contribution in [0.5, 0.6) is 5.75 Å². The predicted octanol–water partition coefficient (Wildman–Crippen LogP) is 2.57. The molecule has 0 bridgehead atoms. The number of benzene rings is 2. The predicted molar refractivity (Wildman–Crippen MR) is 137 cm³/mol. The Hall–Kier alpha value is -5.33. The Morgan fingerprint density at radius 2 is 2.03 bits per heavy atom. The third kappa shape index (κ3) is 4.48. The van der Waals surface area contributed by atoms with Crippen molar-refractivity contribution in [3.8, 4) is 17.1 Å². The molecule has 13 nitrogen and oxygen atoms in total. The molecule has 1 unspecified atom stereocenters. The van der Waals surface area contributed by atoms with Crippen molar-refractivity contribution in [2.75, 3.05) is 17.2 Å². The molecule has 1 aliphatic rings. The number of H-pyrrole nitrogens is 2. The molecule has 0 aliphatic carbocycles. The minimum atomic E-state index is -0.353. The third-order valence-electron chi connectivity index (χ3n) is 6.19. The minimum Gasteiger partial charge on any atom is -0.482 e. The first kappa shape index (κ1) is 23.1. The van der Waals surface area contributed by atoms with Gasteiger partial charge in [-0.15, -0.1) is 10.2 Å². The molecule has 3 aromatic heterocycles. The fraction of sp³-hybridized carbons (Fsp3) is 0.160. The second kappa shape index (κ2) is 9.61. The molecule has 5 N–H and O–H groups in total. The second-order valence-electron chi connectivity index (χ2n) is 8.72. The summed E-state index contributed by atoms with van der Waals surface area (Å²) < 4.78 is 5.38. The molecule has 0 radical (unpaired) electrons. The van der Waals surface area contributed by atoms with Crippen molar-refractivity contribution in [2.24, 2.45) is 0 Å². The van der Waals surface area contributed by atoms with Gasteiger partial charge in [-0.1, -0.05) is 30.3 Å².